The number of allylic oxidation sites excluding steroid dienone is 2. The van der Waals surface area contributed by atoms with Gasteiger partial charge in [0.25, 0.3) is 0 Å². The maximum Gasteiger partial charge on any atom is 0.201 e. The van der Waals surface area contributed by atoms with E-state index in [1.807, 2.05) is 0 Å². The summed E-state index contributed by atoms with van der Waals surface area (Å²) in [6.45, 7) is 9.26. The third-order valence-corrected chi connectivity index (χ3v) is 8.45. The fourth-order valence-corrected chi connectivity index (χ4v) is 6.91. The number of hydrogen-bond acceptors (Lipinski definition) is 1. The highest BCUT2D eigenvalue weighted by Crippen LogP contribution is 2.55. The zero-order chi connectivity index (χ0) is 19.3. The highest BCUT2D eigenvalue weighted by molar-refractivity contribution is 8.04. The summed E-state index contributed by atoms with van der Waals surface area (Å²) in [5, 5.41) is 3.27. The number of nitrogens with zero attached hydrogens (tertiary/aromatic N) is 2. The van der Waals surface area contributed by atoms with Gasteiger partial charge in [0.1, 0.15) is 13.0 Å². The van der Waals surface area contributed by atoms with Crippen LogP contribution in [0.15, 0.2) is 47.5 Å². The minimum atomic E-state index is 0.435. The molecule has 0 spiro atoms. The fourth-order valence-electron chi connectivity index (χ4n) is 5.47. The minimum absolute atomic E-state index is 0.435. The monoisotopic (exact) mass is 385 g/mol. The predicted molar refractivity (Wildman–Crippen MR) is 121 cm³/mol. The van der Waals surface area contributed by atoms with Gasteiger partial charge in [0, 0.05) is 21.4 Å². The summed E-state index contributed by atoms with van der Waals surface area (Å²) in [5.41, 5.74) is 10.1. The minimum Gasteiger partial charge on any atom is -0.310 e. The first-order chi connectivity index (χ1) is 13.5. The second kappa shape index (κ2) is 5.42. The van der Waals surface area contributed by atoms with Gasteiger partial charge in [-0.2, -0.15) is 0 Å². The maximum atomic E-state index is 2.62. The lowest BCUT2D eigenvalue weighted by atomic mass is 9.81. The molecule has 0 saturated heterocycles. The Morgan fingerprint density at radius 3 is 2.68 bits per heavy atom. The van der Waals surface area contributed by atoms with Gasteiger partial charge in [0.2, 0.25) is 5.71 Å². The smallest absolute Gasteiger partial charge is 0.201 e. The van der Waals surface area contributed by atoms with E-state index in [0.29, 0.717) is 17.1 Å². The molecule has 1 aromatic heterocycles. The van der Waals surface area contributed by atoms with Gasteiger partial charge in [-0.15, -0.1) is 11.8 Å². The number of hydrogen-bond donors (Lipinski definition) is 0. The molecule has 2 atom stereocenters. The Kier molecular flexibility index (Phi) is 3.22. The Morgan fingerprint density at radius 1 is 1.11 bits per heavy atom. The summed E-state index contributed by atoms with van der Waals surface area (Å²) in [6, 6.07) is 11.4. The van der Waals surface area contributed by atoms with Crippen LogP contribution in [-0.2, 0) is 0 Å². The highest BCUT2D eigenvalue weighted by Gasteiger charge is 2.50. The Balaban J connectivity index is 1.93. The van der Waals surface area contributed by atoms with Crippen LogP contribution in [0.5, 0.6) is 0 Å². The van der Waals surface area contributed by atoms with E-state index < -0.39 is 0 Å². The summed E-state index contributed by atoms with van der Waals surface area (Å²) in [4.78, 5) is 1.55. The van der Waals surface area contributed by atoms with E-state index in [4.69, 9.17) is 0 Å². The van der Waals surface area contributed by atoms with Crippen molar-refractivity contribution in [2.45, 2.75) is 32.9 Å². The van der Waals surface area contributed by atoms with Crippen LogP contribution in [-0.4, -0.2) is 27.2 Å². The van der Waals surface area contributed by atoms with Gasteiger partial charge in [-0.25, -0.2) is 4.58 Å². The molecule has 3 heteroatoms. The van der Waals surface area contributed by atoms with E-state index >= 15 is 0 Å². The highest BCUT2D eigenvalue weighted by atomic mass is 32.2. The van der Waals surface area contributed by atoms with Crippen molar-refractivity contribution < 1.29 is 4.58 Å². The molecule has 0 saturated carbocycles. The third kappa shape index (κ3) is 1.84. The number of fused-ring (bicyclic) bond motifs is 5. The summed E-state index contributed by atoms with van der Waals surface area (Å²) < 4.78 is 5.00. The molecule has 0 fully saturated rings. The molecule has 0 N–H and O–H groups in total. The molecule has 6 rings (SSSR count). The molecule has 4 heterocycles. The van der Waals surface area contributed by atoms with Crippen molar-refractivity contribution in [3.63, 3.8) is 0 Å². The number of aromatic nitrogens is 1. The van der Waals surface area contributed by atoms with Crippen molar-refractivity contribution in [1.29, 1.82) is 0 Å². The molecule has 0 aliphatic carbocycles. The van der Waals surface area contributed by atoms with Gasteiger partial charge in [-0.3, -0.25) is 0 Å². The average Bonchev–Trinajstić information content (AvgIpc) is 3.21. The maximum absolute atomic E-state index is 2.62. The topological polar surface area (TPSA) is 7.94 Å². The molecule has 3 aromatic rings. The summed E-state index contributed by atoms with van der Waals surface area (Å²) in [6.07, 6.45) is 4.70. The summed E-state index contributed by atoms with van der Waals surface area (Å²) >= 11 is 2.08. The van der Waals surface area contributed by atoms with E-state index in [2.05, 4.69) is 98.3 Å². The lowest BCUT2D eigenvalue weighted by molar-refractivity contribution is -0.426. The van der Waals surface area contributed by atoms with Crippen LogP contribution in [0, 0.1) is 25.7 Å². The molecule has 0 bridgehead atoms. The SMILES string of the molecule is Cc1cc2c3ccccc3n3c2c(c1C)C1=[N+](C)C=CC2SC(C(C)C)=C3C12. The molecule has 3 aliphatic rings. The largest absolute Gasteiger partial charge is 0.310 e. The fraction of sp³-hybridized carbons (Fsp3) is 0.320. The molecule has 2 aromatic carbocycles. The number of thioether (sulfide) groups is 1. The Morgan fingerprint density at radius 2 is 1.89 bits per heavy atom. The number of aryl methyl sites for hydroxylation is 1. The first-order valence-corrected chi connectivity index (χ1v) is 11.1. The van der Waals surface area contributed by atoms with Crippen LogP contribution in [0.3, 0.4) is 0 Å². The van der Waals surface area contributed by atoms with E-state index in [1.165, 1.54) is 49.9 Å². The lowest BCUT2D eigenvalue weighted by Gasteiger charge is -2.30. The Hall–Kier alpha value is -2.26. The van der Waals surface area contributed by atoms with Crippen molar-refractivity contribution in [2.24, 2.45) is 11.8 Å². The second-order valence-corrected chi connectivity index (χ2v) is 9.96. The molecule has 0 radical (unpaired) electrons. The van der Waals surface area contributed by atoms with Gasteiger partial charge in [0.05, 0.1) is 21.8 Å². The van der Waals surface area contributed by atoms with Gasteiger partial charge < -0.3 is 4.57 Å². The van der Waals surface area contributed by atoms with Crippen LogP contribution in [0.25, 0.3) is 27.5 Å². The molecule has 2 nitrogen and oxygen atoms in total. The van der Waals surface area contributed by atoms with Crippen molar-refractivity contribution in [3.8, 4) is 0 Å². The van der Waals surface area contributed by atoms with E-state index in [-0.39, 0.29) is 0 Å². The number of rotatable bonds is 1. The van der Waals surface area contributed by atoms with Crippen molar-refractivity contribution in [2.75, 3.05) is 7.05 Å². The second-order valence-electron chi connectivity index (χ2n) is 8.74. The van der Waals surface area contributed by atoms with Crippen LogP contribution in [0.2, 0.25) is 0 Å². The van der Waals surface area contributed by atoms with Crippen molar-refractivity contribution >= 4 is 45.0 Å². The van der Waals surface area contributed by atoms with E-state index in [0.717, 1.165) is 0 Å². The van der Waals surface area contributed by atoms with Crippen LogP contribution < -0.4 is 0 Å². The van der Waals surface area contributed by atoms with Gasteiger partial charge in [0.15, 0.2) is 6.20 Å². The lowest BCUT2D eigenvalue weighted by Crippen LogP contribution is -2.37. The molecular weight excluding hydrogens is 360 g/mol. The van der Waals surface area contributed by atoms with Gasteiger partial charge >= 0.3 is 0 Å². The van der Waals surface area contributed by atoms with Crippen LogP contribution in [0.1, 0.15) is 30.5 Å². The van der Waals surface area contributed by atoms with Crippen molar-refractivity contribution in [1.82, 2.24) is 4.57 Å². The van der Waals surface area contributed by atoms with Gasteiger partial charge in [-0.1, -0.05) is 32.0 Å². The molecule has 2 unspecified atom stereocenters. The summed E-state index contributed by atoms with van der Waals surface area (Å²) in [5.74, 6) is 0.972. The number of para-hydroxylation sites is 1. The van der Waals surface area contributed by atoms with Gasteiger partial charge in [-0.05, 0) is 49.1 Å². The molecule has 140 valence electrons. The Bertz CT molecular complexity index is 1300. The zero-order valence-corrected chi connectivity index (χ0v) is 17.9. The zero-order valence-electron chi connectivity index (χ0n) is 17.1. The molecule has 3 aliphatic heterocycles. The molecule has 0 amide bonds. The quantitative estimate of drug-likeness (QED) is 0.471. The van der Waals surface area contributed by atoms with Crippen LogP contribution >= 0.6 is 11.8 Å². The normalized spacial score (nSPS) is 22.9. The Labute approximate surface area is 170 Å². The van der Waals surface area contributed by atoms with E-state index in [1.54, 1.807) is 4.91 Å². The average molecular weight is 386 g/mol. The first-order valence-electron chi connectivity index (χ1n) is 10.2. The van der Waals surface area contributed by atoms with E-state index in [9.17, 15) is 0 Å². The standard InChI is InChI=1S/C25H25N2S/c1-13(2)25-24-21-19(28-25)10-11-26(5)23(21)20-15(4)14(3)12-17-16-8-6-7-9-18(16)27(24)22(17)20/h6-13,19,21H,1-5H3/q+1. The first kappa shape index (κ1) is 16.7. The molecule has 28 heavy (non-hydrogen) atoms. The van der Waals surface area contributed by atoms with Crippen LogP contribution in [0.4, 0.5) is 0 Å². The predicted octanol–water partition coefficient (Wildman–Crippen LogP) is 5.94. The number of benzene rings is 2. The van der Waals surface area contributed by atoms with Crippen molar-refractivity contribution in [3.05, 3.63) is 64.2 Å². The third-order valence-electron chi connectivity index (χ3n) is 6.81. The summed E-state index contributed by atoms with van der Waals surface area (Å²) in [7, 11) is 2.23. The molecular formula is C25H25N2S+.